The van der Waals surface area contributed by atoms with Gasteiger partial charge < -0.3 is 24.6 Å². The van der Waals surface area contributed by atoms with Crippen molar-refractivity contribution in [3.8, 4) is 5.75 Å². The van der Waals surface area contributed by atoms with Gasteiger partial charge in [0, 0.05) is 5.69 Å². The number of benzene rings is 2. The number of nitrogens with zero attached hydrogens (tertiary/aromatic N) is 4. The third kappa shape index (κ3) is 4.99. The lowest BCUT2D eigenvalue weighted by Gasteiger charge is -2.11. The summed E-state index contributed by atoms with van der Waals surface area (Å²) in [6.07, 6.45) is -4.66. The first-order valence-corrected chi connectivity index (χ1v) is 9.91. The molecule has 4 aromatic rings. The Morgan fingerprint density at radius 3 is 2.58 bits per heavy atom. The molecule has 0 saturated heterocycles. The number of nitro groups is 1. The number of aromatic nitrogens is 3. The van der Waals surface area contributed by atoms with E-state index in [9.17, 15) is 41.7 Å². The number of rotatable bonds is 7. The third-order valence-electron chi connectivity index (χ3n) is 4.68. The fraction of sp³-hybridized carbons (Fsp3) is 0.100. The maximum absolute atomic E-state index is 14.5. The summed E-state index contributed by atoms with van der Waals surface area (Å²) in [4.78, 5) is 45.3. The van der Waals surface area contributed by atoms with Gasteiger partial charge in [-0.1, -0.05) is 4.73 Å². The van der Waals surface area contributed by atoms with Gasteiger partial charge in [0.1, 0.15) is 11.7 Å². The van der Waals surface area contributed by atoms with Crippen molar-refractivity contribution in [1.82, 2.24) is 14.7 Å². The van der Waals surface area contributed by atoms with Crippen LogP contribution in [0.5, 0.6) is 5.75 Å². The highest BCUT2D eigenvalue weighted by Crippen LogP contribution is 2.31. The van der Waals surface area contributed by atoms with E-state index in [1.165, 1.54) is 6.07 Å². The van der Waals surface area contributed by atoms with Gasteiger partial charge in [0.2, 0.25) is 11.8 Å². The lowest BCUT2D eigenvalue weighted by molar-refractivity contribution is -0.384. The molecule has 0 aliphatic carbocycles. The van der Waals surface area contributed by atoms with Crippen LogP contribution in [0.25, 0.3) is 11.1 Å². The molecule has 2 aromatic heterocycles. The molecule has 0 aliphatic heterocycles. The number of hydrogen-bond donors (Lipinski definition) is 2. The highest BCUT2D eigenvalue weighted by molar-refractivity contribution is 5.81. The Morgan fingerprint density at radius 1 is 1.18 bits per heavy atom. The summed E-state index contributed by atoms with van der Waals surface area (Å²) in [5.41, 5.74) is -1.82. The van der Waals surface area contributed by atoms with Crippen molar-refractivity contribution in [2.45, 2.75) is 6.18 Å². The lowest BCUT2D eigenvalue weighted by atomic mass is 10.2. The largest absolute Gasteiger partial charge is 0.493 e. The number of carbonyl (C=O) groups excluding carboxylic acids is 1. The first-order chi connectivity index (χ1) is 17.9. The Kier molecular flexibility index (Phi) is 6.54. The summed E-state index contributed by atoms with van der Waals surface area (Å²) >= 11 is 0. The standard InChI is InChI=1S/C20H11F5N6O7/c1-36-15-9(21)3-4-10(14(15)22)28-18-26-7-12(31(34)35)16(29-18)27-8-2-5-13-11(6-8)30(19(33)37-13)38-17(32)20(23,24)25/h2-7H,1H3,(H2,26,27,28,29). The molecule has 0 atom stereocenters. The van der Waals surface area contributed by atoms with E-state index in [0.29, 0.717) is 0 Å². The van der Waals surface area contributed by atoms with Crippen molar-refractivity contribution < 1.29 is 45.7 Å². The second-order valence-corrected chi connectivity index (χ2v) is 7.10. The Labute approximate surface area is 205 Å². The number of alkyl halides is 3. The molecule has 18 heteroatoms. The van der Waals surface area contributed by atoms with Gasteiger partial charge in [0.25, 0.3) is 0 Å². The summed E-state index contributed by atoms with van der Waals surface area (Å²) in [5.74, 6) is -7.85. The third-order valence-corrected chi connectivity index (χ3v) is 4.68. The number of fused-ring (bicyclic) bond motifs is 1. The van der Waals surface area contributed by atoms with E-state index in [1.54, 1.807) is 0 Å². The van der Waals surface area contributed by atoms with Crippen LogP contribution in [0.2, 0.25) is 0 Å². The van der Waals surface area contributed by atoms with Crippen molar-refractivity contribution in [1.29, 1.82) is 0 Å². The van der Waals surface area contributed by atoms with Crippen LogP contribution in [0.3, 0.4) is 0 Å². The molecule has 0 unspecified atom stereocenters. The van der Waals surface area contributed by atoms with Crippen LogP contribution < -0.4 is 26.0 Å². The van der Waals surface area contributed by atoms with Gasteiger partial charge >= 0.3 is 23.6 Å². The van der Waals surface area contributed by atoms with Gasteiger partial charge in [-0.05, 0) is 30.3 Å². The molecule has 2 aromatic carbocycles. The molecule has 4 rings (SSSR count). The number of carbonyl (C=O) groups is 1. The quantitative estimate of drug-likeness (QED) is 0.199. The molecule has 0 amide bonds. The normalized spacial score (nSPS) is 11.3. The lowest BCUT2D eigenvalue weighted by Crippen LogP contribution is -2.36. The van der Waals surface area contributed by atoms with Crippen LogP contribution in [0.15, 0.2) is 45.7 Å². The molecule has 198 valence electrons. The molecule has 13 nitrogen and oxygen atoms in total. The van der Waals surface area contributed by atoms with Crippen LogP contribution in [-0.4, -0.2) is 38.9 Å². The molecule has 0 aliphatic rings. The SMILES string of the molecule is COc1c(F)ccc(Nc2ncc([N+](=O)[O-])c(Nc3ccc4oc(=O)n(OC(=O)C(F)(F)F)c4c3)n2)c1F. The van der Waals surface area contributed by atoms with Crippen LogP contribution in [0.4, 0.5) is 50.8 Å². The fourth-order valence-electron chi connectivity index (χ4n) is 3.03. The van der Waals surface area contributed by atoms with Gasteiger partial charge in [0.15, 0.2) is 23.0 Å². The summed E-state index contributed by atoms with van der Waals surface area (Å²) in [6.45, 7) is 0. The second kappa shape index (κ2) is 9.64. The Bertz CT molecular complexity index is 1640. The predicted molar refractivity (Wildman–Crippen MR) is 116 cm³/mol. The van der Waals surface area contributed by atoms with E-state index >= 15 is 0 Å². The number of methoxy groups -OCH3 is 1. The first kappa shape index (κ1) is 25.8. The van der Waals surface area contributed by atoms with E-state index in [-0.39, 0.29) is 27.6 Å². The van der Waals surface area contributed by atoms with E-state index in [4.69, 9.17) is 4.42 Å². The molecule has 38 heavy (non-hydrogen) atoms. The molecule has 0 fully saturated rings. The number of ether oxygens (including phenoxy) is 1. The van der Waals surface area contributed by atoms with E-state index < -0.39 is 57.2 Å². The highest BCUT2D eigenvalue weighted by Gasteiger charge is 2.42. The smallest absolute Gasteiger partial charge is 0.491 e. The number of anilines is 4. The zero-order valence-electron chi connectivity index (χ0n) is 18.5. The average molecular weight is 542 g/mol. The zero-order valence-corrected chi connectivity index (χ0v) is 18.5. The Balaban J connectivity index is 1.70. The minimum Gasteiger partial charge on any atom is -0.491 e. The molecule has 2 heterocycles. The maximum Gasteiger partial charge on any atom is 0.493 e. The van der Waals surface area contributed by atoms with Crippen molar-refractivity contribution in [2.75, 3.05) is 17.7 Å². The van der Waals surface area contributed by atoms with Crippen LogP contribution in [-0.2, 0) is 4.79 Å². The van der Waals surface area contributed by atoms with Crippen LogP contribution in [0.1, 0.15) is 0 Å². The van der Waals surface area contributed by atoms with Gasteiger partial charge in [-0.25, -0.2) is 23.4 Å². The first-order valence-electron chi connectivity index (χ1n) is 9.91. The molecule has 0 bridgehead atoms. The van der Waals surface area contributed by atoms with Gasteiger partial charge in [-0.2, -0.15) is 18.2 Å². The zero-order chi connectivity index (χ0) is 27.8. The molecule has 0 radical (unpaired) electrons. The van der Waals surface area contributed by atoms with Crippen molar-refractivity contribution in [3.63, 3.8) is 0 Å². The molecular weight excluding hydrogens is 531 g/mol. The highest BCUT2D eigenvalue weighted by atomic mass is 19.4. The number of hydrogen-bond acceptors (Lipinski definition) is 11. The number of oxazole rings is 1. The number of nitrogens with one attached hydrogen (secondary N) is 2. The Hall–Kier alpha value is -5.29. The summed E-state index contributed by atoms with van der Waals surface area (Å²) in [7, 11) is 1.04. The van der Waals surface area contributed by atoms with E-state index in [0.717, 1.165) is 37.6 Å². The Morgan fingerprint density at radius 2 is 1.92 bits per heavy atom. The molecular formula is C20H11F5N6O7. The minimum atomic E-state index is -5.42. The minimum absolute atomic E-state index is 0.0532. The summed E-state index contributed by atoms with van der Waals surface area (Å²) < 4.78 is 75.2. The van der Waals surface area contributed by atoms with Gasteiger partial charge in [0.05, 0.1) is 17.7 Å². The van der Waals surface area contributed by atoms with Gasteiger partial charge in [-0.15, -0.1) is 0 Å². The van der Waals surface area contributed by atoms with Crippen molar-refractivity contribution >= 4 is 45.9 Å². The maximum atomic E-state index is 14.5. The van der Waals surface area contributed by atoms with Crippen LogP contribution >= 0.6 is 0 Å². The number of halogens is 5. The average Bonchev–Trinajstić information content (AvgIpc) is 3.15. The monoisotopic (exact) mass is 542 g/mol. The van der Waals surface area contributed by atoms with Crippen LogP contribution in [0, 0.1) is 21.7 Å². The predicted octanol–water partition coefficient (Wildman–Crippen LogP) is 3.58. The second-order valence-electron chi connectivity index (χ2n) is 7.10. The topological polar surface area (TPSA) is 164 Å². The fourth-order valence-corrected chi connectivity index (χ4v) is 3.03. The van der Waals surface area contributed by atoms with E-state index in [1.807, 2.05) is 0 Å². The van der Waals surface area contributed by atoms with E-state index in [2.05, 4.69) is 30.2 Å². The van der Waals surface area contributed by atoms with Crippen molar-refractivity contribution in [3.05, 3.63) is 68.8 Å². The summed E-state index contributed by atoms with van der Waals surface area (Å²) in [6, 6.07) is 5.18. The molecule has 0 spiro atoms. The van der Waals surface area contributed by atoms with Crippen molar-refractivity contribution in [2.24, 2.45) is 0 Å². The summed E-state index contributed by atoms with van der Waals surface area (Å²) in [5, 5.41) is 16.4. The molecule has 2 N–H and O–H groups in total. The molecule has 0 saturated carbocycles. The van der Waals surface area contributed by atoms with Gasteiger partial charge in [-0.3, -0.25) is 10.1 Å².